The van der Waals surface area contributed by atoms with Crippen molar-refractivity contribution in [2.24, 2.45) is 0 Å². The number of nitrogens with two attached hydrogens (primary N) is 1. The normalized spacial score (nSPS) is 12.9. The Morgan fingerprint density at radius 1 is 1.33 bits per heavy atom. The molecule has 0 heterocycles. The lowest BCUT2D eigenvalue weighted by Gasteiger charge is -2.23. The molecule has 5 nitrogen and oxygen atoms in total. The summed E-state index contributed by atoms with van der Waals surface area (Å²) in [7, 11) is -4.55. The molecule has 0 aliphatic carbocycles. The summed E-state index contributed by atoms with van der Waals surface area (Å²) in [6.45, 7) is -2.04. The van der Waals surface area contributed by atoms with Gasteiger partial charge in [-0.15, -0.1) is 0 Å². The van der Waals surface area contributed by atoms with E-state index in [0.29, 0.717) is 0 Å². The van der Waals surface area contributed by atoms with Gasteiger partial charge < -0.3 is 10.8 Å². The zero-order valence-electron chi connectivity index (χ0n) is 11.0. The van der Waals surface area contributed by atoms with Crippen molar-refractivity contribution < 1.29 is 31.1 Å². The van der Waals surface area contributed by atoms with E-state index in [1.54, 1.807) is 0 Å². The van der Waals surface area contributed by atoms with Crippen molar-refractivity contribution in [1.82, 2.24) is 4.31 Å². The summed E-state index contributed by atoms with van der Waals surface area (Å²) >= 11 is 0. The van der Waals surface area contributed by atoms with Gasteiger partial charge in [-0.25, -0.2) is 12.8 Å². The first-order chi connectivity index (χ1) is 9.49. The molecule has 0 aliphatic heterocycles. The van der Waals surface area contributed by atoms with Gasteiger partial charge >= 0.3 is 6.18 Å². The van der Waals surface area contributed by atoms with Crippen molar-refractivity contribution in [3.8, 4) is 0 Å². The molecule has 1 rings (SSSR count). The first-order valence-electron chi connectivity index (χ1n) is 5.72. The lowest BCUT2D eigenvalue weighted by molar-refractivity contribution is -0.136. The minimum Gasteiger partial charge on any atom is -0.396 e. The van der Waals surface area contributed by atoms with Crippen LogP contribution in [0.3, 0.4) is 0 Å². The van der Waals surface area contributed by atoms with E-state index >= 15 is 0 Å². The molecule has 0 bridgehead atoms. The Morgan fingerprint density at radius 3 is 2.33 bits per heavy atom. The lowest BCUT2D eigenvalue weighted by atomic mass is 10.2. The predicted molar refractivity (Wildman–Crippen MR) is 67.4 cm³/mol. The van der Waals surface area contributed by atoms with Crippen molar-refractivity contribution in [2.75, 3.05) is 25.4 Å². The molecule has 0 saturated carbocycles. The van der Waals surface area contributed by atoms with Crippen molar-refractivity contribution in [3.63, 3.8) is 0 Å². The van der Waals surface area contributed by atoms with Gasteiger partial charge in [0.15, 0.2) is 0 Å². The van der Waals surface area contributed by atoms with E-state index in [1.807, 2.05) is 0 Å². The number of aryl methyl sites for hydroxylation is 1. The minimum absolute atomic E-state index is 0.0686. The van der Waals surface area contributed by atoms with E-state index in [0.717, 1.165) is 12.1 Å². The SMILES string of the molecule is Cc1cc(S(=O)(=O)N(CCO)CC(F)(F)F)cc(N)c1F. The van der Waals surface area contributed by atoms with Crippen LogP contribution in [0.2, 0.25) is 0 Å². The van der Waals surface area contributed by atoms with Gasteiger partial charge in [-0.3, -0.25) is 0 Å². The first kappa shape index (κ1) is 17.7. The molecule has 120 valence electrons. The summed E-state index contributed by atoms with van der Waals surface area (Å²) in [6.07, 6.45) is -4.77. The number of nitrogen functional groups attached to an aromatic ring is 1. The molecule has 0 spiro atoms. The monoisotopic (exact) mass is 330 g/mol. The summed E-state index contributed by atoms with van der Waals surface area (Å²) in [5.41, 5.74) is 4.70. The number of aliphatic hydroxyl groups excluding tert-OH is 1. The molecular weight excluding hydrogens is 316 g/mol. The minimum atomic E-state index is -4.77. The third kappa shape index (κ3) is 4.29. The highest BCUT2D eigenvalue weighted by Gasteiger charge is 2.37. The van der Waals surface area contributed by atoms with Gasteiger partial charge in [0, 0.05) is 6.54 Å². The highest BCUT2D eigenvalue weighted by Crippen LogP contribution is 2.26. The molecule has 0 atom stereocenters. The Hall–Kier alpha value is -1.39. The van der Waals surface area contributed by atoms with Gasteiger partial charge in [0.05, 0.1) is 17.2 Å². The Bertz CT molecular complexity index is 593. The second-order valence-corrected chi connectivity index (χ2v) is 6.26. The Kier molecular flexibility index (Phi) is 5.18. The summed E-state index contributed by atoms with van der Waals surface area (Å²) in [5, 5.41) is 8.74. The van der Waals surface area contributed by atoms with E-state index in [4.69, 9.17) is 10.8 Å². The van der Waals surface area contributed by atoms with E-state index in [1.165, 1.54) is 6.92 Å². The quantitative estimate of drug-likeness (QED) is 0.629. The lowest BCUT2D eigenvalue weighted by Crippen LogP contribution is -2.40. The molecule has 21 heavy (non-hydrogen) atoms. The zero-order valence-corrected chi connectivity index (χ0v) is 11.8. The van der Waals surface area contributed by atoms with Crippen LogP contribution in [-0.2, 0) is 10.0 Å². The van der Waals surface area contributed by atoms with E-state index < -0.39 is 52.3 Å². The third-order valence-electron chi connectivity index (χ3n) is 2.60. The second-order valence-electron chi connectivity index (χ2n) is 4.32. The van der Waals surface area contributed by atoms with Crippen LogP contribution in [0.4, 0.5) is 23.2 Å². The average molecular weight is 330 g/mol. The number of aliphatic hydroxyl groups is 1. The summed E-state index contributed by atoms with van der Waals surface area (Å²) in [5.74, 6) is -0.835. The summed E-state index contributed by atoms with van der Waals surface area (Å²) < 4.78 is 75.0. The van der Waals surface area contributed by atoms with Crippen molar-refractivity contribution in [1.29, 1.82) is 0 Å². The average Bonchev–Trinajstić information content (AvgIpc) is 2.33. The predicted octanol–water partition coefficient (Wildman–Crippen LogP) is 1.26. The van der Waals surface area contributed by atoms with E-state index in [2.05, 4.69) is 0 Å². The number of alkyl halides is 3. The number of nitrogens with zero attached hydrogens (tertiary/aromatic N) is 1. The maximum absolute atomic E-state index is 13.4. The topological polar surface area (TPSA) is 83.6 Å². The fourth-order valence-corrected chi connectivity index (χ4v) is 3.19. The van der Waals surface area contributed by atoms with Crippen LogP contribution < -0.4 is 5.73 Å². The molecule has 0 aliphatic rings. The molecule has 10 heteroatoms. The Balaban J connectivity index is 3.29. The molecule has 0 amide bonds. The smallest absolute Gasteiger partial charge is 0.396 e. The molecule has 1 aromatic carbocycles. The number of sulfonamides is 1. The molecule has 0 fully saturated rings. The summed E-state index contributed by atoms with van der Waals surface area (Å²) in [6, 6.07) is 1.64. The van der Waals surface area contributed by atoms with Crippen molar-refractivity contribution >= 4 is 15.7 Å². The van der Waals surface area contributed by atoms with Gasteiger partial charge in [0.2, 0.25) is 10.0 Å². The number of benzene rings is 1. The van der Waals surface area contributed by atoms with Gasteiger partial charge in [-0.2, -0.15) is 17.5 Å². The zero-order chi connectivity index (χ0) is 16.4. The maximum atomic E-state index is 13.4. The highest BCUT2D eigenvalue weighted by molar-refractivity contribution is 7.89. The number of anilines is 1. The van der Waals surface area contributed by atoms with Gasteiger partial charge in [-0.05, 0) is 24.6 Å². The Labute approximate surface area is 119 Å². The molecule has 0 radical (unpaired) electrons. The molecule has 0 saturated heterocycles. The third-order valence-corrected chi connectivity index (χ3v) is 4.42. The molecule has 1 aromatic rings. The molecular formula is C11H14F4N2O3S. The fraction of sp³-hybridized carbons (Fsp3) is 0.455. The van der Waals surface area contributed by atoms with Crippen LogP contribution in [0, 0.1) is 12.7 Å². The number of hydrogen-bond acceptors (Lipinski definition) is 4. The molecule has 0 aromatic heterocycles. The number of hydrogen-bond donors (Lipinski definition) is 2. The Morgan fingerprint density at radius 2 is 1.90 bits per heavy atom. The standard InChI is InChI=1S/C11H14F4N2O3S/c1-7-4-8(5-9(16)10(7)12)21(19,20)17(2-3-18)6-11(13,14)15/h4-5,18H,2-3,6,16H2,1H3. The summed E-state index contributed by atoms with van der Waals surface area (Å²) in [4.78, 5) is -0.559. The number of rotatable bonds is 5. The largest absolute Gasteiger partial charge is 0.402 e. The van der Waals surface area contributed by atoms with Crippen LogP contribution in [-0.4, -0.2) is 43.7 Å². The maximum Gasteiger partial charge on any atom is 0.402 e. The van der Waals surface area contributed by atoms with Crippen LogP contribution >= 0.6 is 0 Å². The fourth-order valence-electron chi connectivity index (χ4n) is 1.66. The molecule has 0 unspecified atom stereocenters. The second kappa shape index (κ2) is 6.16. The van der Waals surface area contributed by atoms with Crippen LogP contribution in [0.5, 0.6) is 0 Å². The highest BCUT2D eigenvalue weighted by atomic mass is 32.2. The van der Waals surface area contributed by atoms with Crippen LogP contribution in [0.25, 0.3) is 0 Å². The van der Waals surface area contributed by atoms with Gasteiger partial charge in [0.25, 0.3) is 0 Å². The van der Waals surface area contributed by atoms with E-state index in [9.17, 15) is 26.0 Å². The van der Waals surface area contributed by atoms with Crippen molar-refractivity contribution in [2.45, 2.75) is 18.0 Å². The first-order valence-corrected chi connectivity index (χ1v) is 7.16. The number of halogens is 4. The van der Waals surface area contributed by atoms with Gasteiger partial charge in [0.1, 0.15) is 12.4 Å². The van der Waals surface area contributed by atoms with Gasteiger partial charge in [-0.1, -0.05) is 0 Å². The van der Waals surface area contributed by atoms with E-state index in [-0.39, 0.29) is 9.87 Å². The van der Waals surface area contributed by atoms with Crippen molar-refractivity contribution in [3.05, 3.63) is 23.5 Å². The van der Waals surface area contributed by atoms with Crippen LogP contribution in [0.1, 0.15) is 5.56 Å². The molecule has 3 N–H and O–H groups in total. The van der Waals surface area contributed by atoms with Crippen LogP contribution in [0.15, 0.2) is 17.0 Å².